The van der Waals surface area contributed by atoms with Crippen LogP contribution in [-0.2, 0) is 5.75 Å². The molecule has 4 nitrogen and oxygen atoms in total. The van der Waals surface area contributed by atoms with E-state index >= 15 is 0 Å². The van der Waals surface area contributed by atoms with Crippen LogP contribution >= 0.6 is 23.1 Å². The number of anilines is 1. The van der Waals surface area contributed by atoms with Gasteiger partial charge in [-0.1, -0.05) is 12.1 Å². The molecule has 0 fully saturated rings. The molecule has 3 rings (SSSR count). The Balaban J connectivity index is 1.67. The Labute approximate surface area is 168 Å². The van der Waals surface area contributed by atoms with Gasteiger partial charge in [0, 0.05) is 21.7 Å². The number of thioether (sulfide) groups is 1. The van der Waals surface area contributed by atoms with E-state index in [9.17, 15) is 4.79 Å². The van der Waals surface area contributed by atoms with Crippen LogP contribution in [0.5, 0.6) is 5.75 Å². The normalized spacial score (nSPS) is 10.8. The van der Waals surface area contributed by atoms with Crippen molar-refractivity contribution in [1.29, 1.82) is 0 Å². The molecule has 2 aromatic carbocycles. The predicted octanol–water partition coefficient (Wildman–Crippen LogP) is 5.78. The van der Waals surface area contributed by atoms with Gasteiger partial charge in [0.25, 0.3) is 5.91 Å². The third-order valence-electron chi connectivity index (χ3n) is 3.66. The van der Waals surface area contributed by atoms with Gasteiger partial charge in [-0.25, -0.2) is 4.98 Å². The lowest BCUT2D eigenvalue weighted by Gasteiger charge is -2.12. The van der Waals surface area contributed by atoms with Gasteiger partial charge in [0.05, 0.1) is 22.4 Å². The quantitative estimate of drug-likeness (QED) is 0.512. The van der Waals surface area contributed by atoms with Gasteiger partial charge in [0.2, 0.25) is 0 Å². The summed E-state index contributed by atoms with van der Waals surface area (Å²) < 4.78 is 5.63. The molecular weight excluding hydrogens is 376 g/mol. The molecule has 1 N–H and O–H groups in total. The number of nitrogens with one attached hydrogen (secondary N) is 1. The van der Waals surface area contributed by atoms with Crippen LogP contribution < -0.4 is 10.1 Å². The number of benzene rings is 2. The van der Waals surface area contributed by atoms with Gasteiger partial charge in [-0.3, -0.25) is 4.79 Å². The van der Waals surface area contributed by atoms with Crippen LogP contribution in [0.15, 0.2) is 58.8 Å². The summed E-state index contributed by atoms with van der Waals surface area (Å²) in [6, 6.07) is 15.1. The van der Waals surface area contributed by atoms with E-state index in [0.29, 0.717) is 5.56 Å². The zero-order chi connectivity index (χ0) is 19.2. The first-order chi connectivity index (χ1) is 13.0. The first kappa shape index (κ1) is 19.5. The van der Waals surface area contributed by atoms with Gasteiger partial charge in [-0.05, 0) is 57.2 Å². The second-order valence-corrected chi connectivity index (χ2v) is 8.37. The molecule has 6 heteroatoms. The SMILES string of the molecule is Cc1nc(CSc2ccccc2C(=O)Nc2ccc(OC(C)C)cc2)cs1. The van der Waals surface area contributed by atoms with Crippen LogP contribution in [-0.4, -0.2) is 17.0 Å². The molecule has 0 radical (unpaired) electrons. The number of amides is 1. The molecule has 27 heavy (non-hydrogen) atoms. The van der Waals surface area contributed by atoms with E-state index in [2.05, 4.69) is 15.7 Å². The summed E-state index contributed by atoms with van der Waals surface area (Å²) in [6.07, 6.45) is 0.121. The molecule has 140 valence electrons. The minimum absolute atomic E-state index is 0.120. The summed E-state index contributed by atoms with van der Waals surface area (Å²) in [6.45, 7) is 5.96. The number of ether oxygens (including phenoxy) is 1. The average molecular weight is 399 g/mol. The monoisotopic (exact) mass is 398 g/mol. The fourth-order valence-electron chi connectivity index (χ4n) is 2.49. The Morgan fingerprint density at radius 2 is 1.93 bits per heavy atom. The summed E-state index contributed by atoms with van der Waals surface area (Å²) in [5.74, 6) is 1.41. The minimum atomic E-state index is -0.120. The zero-order valence-corrected chi connectivity index (χ0v) is 17.2. The fourth-order valence-corrected chi connectivity index (χ4v) is 4.15. The highest BCUT2D eigenvalue weighted by molar-refractivity contribution is 7.98. The highest BCUT2D eigenvalue weighted by Gasteiger charge is 2.12. The summed E-state index contributed by atoms with van der Waals surface area (Å²) in [4.78, 5) is 18.2. The second-order valence-electron chi connectivity index (χ2n) is 6.29. The fraction of sp³-hybridized carbons (Fsp3) is 0.238. The molecule has 3 aromatic rings. The summed E-state index contributed by atoms with van der Waals surface area (Å²) >= 11 is 3.27. The van der Waals surface area contributed by atoms with Crippen LogP contribution in [0.3, 0.4) is 0 Å². The van der Waals surface area contributed by atoms with E-state index in [4.69, 9.17) is 4.74 Å². The van der Waals surface area contributed by atoms with Crippen molar-refractivity contribution in [1.82, 2.24) is 4.98 Å². The number of aryl methyl sites for hydroxylation is 1. The van der Waals surface area contributed by atoms with Crippen LogP contribution in [0.1, 0.15) is 34.9 Å². The standard InChI is InChI=1S/C21H22N2O2S2/c1-14(2)25-18-10-8-16(9-11-18)23-21(24)19-6-4-5-7-20(19)27-13-17-12-26-15(3)22-17/h4-12,14H,13H2,1-3H3,(H,23,24). The number of rotatable bonds is 7. The Bertz CT molecular complexity index is 905. The summed E-state index contributed by atoms with van der Waals surface area (Å²) in [5.41, 5.74) is 2.45. The van der Waals surface area contributed by atoms with Crippen molar-refractivity contribution in [3.8, 4) is 5.75 Å². The highest BCUT2D eigenvalue weighted by atomic mass is 32.2. The third kappa shape index (κ3) is 5.58. The zero-order valence-electron chi connectivity index (χ0n) is 15.6. The largest absolute Gasteiger partial charge is 0.491 e. The lowest BCUT2D eigenvalue weighted by Crippen LogP contribution is -2.13. The topological polar surface area (TPSA) is 51.2 Å². The Kier molecular flexibility index (Phi) is 6.53. The van der Waals surface area contributed by atoms with Gasteiger partial charge >= 0.3 is 0 Å². The summed E-state index contributed by atoms with van der Waals surface area (Å²) in [7, 11) is 0. The maximum absolute atomic E-state index is 12.7. The molecule has 0 bridgehead atoms. The number of carbonyl (C=O) groups is 1. The smallest absolute Gasteiger partial charge is 0.256 e. The van der Waals surface area contributed by atoms with Gasteiger partial charge in [-0.15, -0.1) is 23.1 Å². The molecule has 1 heterocycles. The van der Waals surface area contributed by atoms with Crippen molar-refractivity contribution in [3.05, 3.63) is 70.2 Å². The maximum atomic E-state index is 12.7. The number of aromatic nitrogens is 1. The molecule has 0 saturated heterocycles. The number of hydrogen-bond acceptors (Lipinski definition) is 5. The molecule has 0 aliphatic carbocycles. The lowest BCUT2D eigenvalue weighted by atomic mass is 10.2. The van der Waals surface area contributed by atoms with E-state index in [-0.39, 0.29) is 12.0 Å². The molecule has 0 spiro atoms. The third-order valence-corrected chi connectivity index (χ3v) is 5.59. The van der Waals surface area contributed by atoms with Gasteiger partial charge in [0.15, 0.2) is 0 Å². The summed E-state index contributed by atoms with van der Waals surface area (Å²) in [5, 5.41) is 6.08. The molecule has 0 atom stereocenters. The van der Waals surface area contributed by atoms with Crippen LogP contribution in [0.4, 0.5) is 5.69 Å². The number of carbonyl (C=O) groups excluding carboxylic acids is 1. The average Bonchev–Trinajstić information content (AvgIpc) is 3.07. The van der Waals surface area contributed by atoms with E-state index in [1.807, 2.05) is 69.3 Å². The van der Waals surface area contributed by atoms with Crippen molar-refractivity contribution in [2.75, 3.05) is 5.32 Å². The molecule has 0 aliphatic heterocycles. The molecule has 1 amide bonds. The van der Waals surface area contributed by atoms with E-state index in [1.54, 1.807) is 23.1 Å². The number of nitrogens with zero attached hydrogens (tertiary/aromatic N) is 1. The molecule has 1 aromatic heterocycles. The maximum Gasteiger partial charge on any atom is 0.256 e. The van der Waals surface area contributed by atoms with Crippen molar-refractivity contribution >= 4 is 34.7 Å². The Morgan fingerprint density at radius 3 is 2.59 bits per heavy atom. The van der Waals surface area contributed by atoms with Crippen LogP contribution in [0.2, 0.25) is 0 Å². The van der Waals surface area contributed by atoms with E-state index in [1.165, 1.54) is 0 Å². The van der Waals surface area contributed by atoms with Crippen LogP contribution in [0, 0.1) is 6.92 Å². The highest BCUT2D eigenvalue weighted by Crippen LogP contribution is 2.27. The minimum Gasteiger partial charge on any atom is -0.491 e. The van der Waals surface area contributed by atoms with Gasteiger partial charge < -0.3 is 10.1 Å². The first-order valence-electron chi connectivity index (χ1n) is 8.72. The van der Waals surface area contributed by atoms with Crippen molar-refractivity contribution in [2.45, 2.75) is 37.5 Å². The Morgan fingerprint density at radius 1 is 1.19 bits per heavy atom. The lowest BCUT2D eigenvalue weighted by molar-refractivity contribution is 0.102. The molecule has 0 saturated carbocycles. The molecule has 0 unspecified atom stereocenters. The van der Waals surface area contributed by atoms with Crippen molar-refractivity contribution < 1.29 is 9.53 Å². The Hall–Kier alpha value is -2.31. The molecule has 0 aliphatic rings. The van der Waals surface area contributed by atoms with Gasteiger partial charge in [-0.2, -0.15) is 0 Å². The second kappa shape index (κ2) is 9.06. The molecular formula is C21H22N2O2S2. The van der Waals surface area contributed by atoms with Crippen LogP contribution in [0.25, 0.3) is 0 Å². The predicted molar refractivity (Wildman–Crippen MR) is 113 cm³/mol. The van der Waals surface area contributed by atoms with E-state index in [0.717, 1.165) is 32.8 Å². The first-order valence-corrected chi connectivity index (χ1v) is 10.6. The van der Waals surface area contributed by atoms with E-state index < -0.39 is 0 Å². The van der Waals surface area contributed by atoms with Crippen molar-refractivity contribution in [3.63, 3.8) is 0 Å². The number of thiazole rings is 1. The van der Waals surface area contributed by atoms with Gasteiger partial charge in [0.1, 0.15) is 5.75 Å². The number of hydrogen-bond donors (Lipinski definition) is 1. The van der Waals surface area contributed by atoms with Crippen molar-refractivity contribution in [2.24, 2.45) is 0 Å².